The van der Waals surface area contributed by atoms with Crippen LogP contribution in [0, 0.1) is 25.2 Å². The van der Waals surface area contributed by atoms with Crippen molar-refractivity contribution in [2.75, 3.05) is 29.2 Å². The summed E-state index contributed by atoms with van der Waals surface area (Å²) < 4.78 is 5.22. The minimum absolute atomic E-state index is 0.0591. The SMILES string of the molecule is COc1ccc(/C=C2\N=C(SCC(=O)N(CCC#N)c3ccccc3)N(c3cc(C)cc(C)c3)C2=O)cc1. The molecule has 0 bridgehead atoms. The third-order valence-electron chi connectivity index (χ3n) is 5.85. The van der Waals surface area contributed by atoms with Gasteiger partial charge in [-0.15, -0.1) is 0 Å². The number of nitrogens with zero attached hydrogens (tertiary/aromatic N) is 4. The number of benzene rings is 3. The number of hydrogen-bond donors (Lipinski definition) is 0. The second kappa shape index (κ2) is 12.3. The van der Waals surface area contributed by atoms with E-state index in [-0.39, 0.29) is 36.2 Å². The molecule has 192 valence electrons. The number of carbonyl (C=O) groups is 2. The summed E-state index contributed by atoms with van der Waals surface area (Å²) in [4.78, 5) is 34.7. The molecule has 38 heavy (non-hydrogen) atoms. The molecular formula is C30H28N4O3S. The summed E-state index contributed by atoms with van der Waals surface area (Å²) in [6.07, 6.45) is 1.95. The van der Waals surface area contributed by atoms with Gasteiger partial charge in [0.25, 0.3) is 5.91 Å². The van der Waals surface area contributed by atoms with E-state index in [2.05, 4.69) is 11.1 Å². The van der Waals surface area contributed by atoms with Gasteiger partial charge in [0.2, 0.25) is 5.91 Å². The maximum absolute atomic E-state index is 13.6. The number of methoxy groups -OCH3 is 1. The van der Waals surface area contributed by atoms with Crippen LogP contribution in [0.3, 0.4) is 0 Å². The van der Waals surface area contributed by atoms with Gasteiger partial charge >= 0.3 is 0 Å². The van der Waals surface area contributed by atoms with Gasteiger partial charge in [-0.05, 0) is 73.0 Å². The van der Waals surface area contributed by atoms with Gasteiger partial charge in [-0.1, -0.05) is 48.2 Å². The maximum atomic E-state index is 13.6. The number of amidine groups is 1. The van der Waals surface area contributed by atoms with Crippen LogP contribution in [0.25, 0.3) is 6.08 Å². The van der Waals surface area contributed by atoms with Crippen LogP contribution in [0.15, 0.2) is 83.5 Å². The van der Waals surface area contributed by atoms with Gasteiger partial charge in [-0.25, -0.2) is 4.99 Å². The van der Waals surface area contributed by atoms with Gasteiger partial charge in [-0.2, -0.15) is 5.26 Å². The first-order valence-electron chi connectivity index (χ1n) is 12.1. The summed E-state index contributed by atoms with van der Waals surface area (Å²) in [5, 5.41) is 9.52. The third kappa shape index (κ3) is 6.31. The van der Waals surface area contributed by atoms with Gasteiger partial charge in [-0.3, -0.25) is 14.5 Å². The Morgan fingerprint density at radius 2 is 1.76 bits per heavy atom. The highest BCUT2D eigenvalue weighted by Gasteiger charge is 2.33. The van der Waals surface area contributed by atoms with Crippen molar-refractivity contribution in [2.45, 2.75) is 20.3 Å². The molecule has 8 heteroatoms. The second-order valence-corrected chi connectivity index (χ2v) is 9.70. The Morgan fingerprint density at radius 3 is 2.39 bits per heavy atom. The average molecular weight is 525 g/mol. The number of aryl methyl sites for hydroxylation is 2. The molecule has 4 rings (SSSR count). The van der Waals surface area contributed by atoms with Crippen LogP contribution >= 0.6 is 11.8 Å². The number of para-hydroxylation sites is 1. The molecule has 0 N–H and O–H groups in total. The molecule has 0 saturated heterocycles. The molecule has 0 unspecified atom stereocenters. The van der Waals surface area contributed by atoms with Crippen LogP contribution in [0.5, 0.6) is 5.75 Å². The molecule has 1 aliphatic heterocycles. The first-order valence-corrected chi connectivity index (χ1v) is 13.1. The smallest absolute Gasteiger partial charge is 0.283 e. The van der Waals surface area contributed by atoms with Crippen molar-refractivity contribution in [3.63, 3.8) is 0 Å². The van der Waals surface area contributed by atoms with Gasteiger partial charge in [0.05, 0.1) is 31.0 Å². The van der Waals surface area contributed by atoms with E-state index in [1.807, 2.05) is 86.6 Å². The first-order chi connectivity index (χ1) is 18.4. The van der Waals surface area contributed by atoms with Crippen LogP contribution < -0.4 is 14.5 Å². The molecule has 0 atom stereocenters. The number of nitriles is 1. The molecule has 0 aliphatic carbocycles. The number of anilines is 2. The Bertz CT molecular complexity index is 1410. The number of thioether (sulfide) groups is 1. The number of rotatable bonds is 8. The van der Waals surface area contributed by atoms with E-state index >= 15 is 0 Å². The molecule has 0 spiro atoms. The van der Waals surface area contributed by atoms with E-state index < -0.39 is 0 Å². The first kappa shape index (κ1) is 26.7. The molecule has 0 aromatic heterocycles. The Morgan fingerprint density at radius 1 is 1.08 bits per heavy atom. The van der Waals surface area contributed by atoms with Crippen LogP contribution in [0.2, 0.25) is 0 Å². The van der Waals surface area contributed by atoms with Crippen molar-refractivity contribution in [1.82, 2.24) is 0 Å². The second-order valence-electron chi connectivity index (χ2n) is 8.76. The molecule has 2 amide bonds. The predicted molar refractivity (Wildman–Crippen MR) is 153 cm³/mol. The molecule has 0 radical (unpaired) electrons. The van der Waals surface area contributed by atoms with Gasteiger partial charge in [0, 0.05) is 12.2 Å². The number of aliphatic imine (C=N–C) groups is 1. The monoisotopic (exact) mass is 524 g/mol. The molecule has 3 aromatic carbocycles. The van der Waals surface area contributed by atoms with Crippen LogP contribution in [-0.2, 0) is 9.59 Å². The van der Waals surface area contributed by atoms with E-state index in [9.17, 15) is 9.59 Å². The standard InChI is InChI=1S/C30H28N4O3S/c1-21-16-22(2)18-25(17-21)34-29(36)27(19-23-10-12-26(37-3)13-11-23)32-30(34)38-20-28(35)33(15-7-14-31)24-8-5-4-6-9-24/h4-6,8-13,16-19H,7,15,20H2,1-3H3/b27-19-. The third-order valence-corrected chi connectivity index (χ3v) is 6.78. The number of carbonyl (C=O) groups excluding carboxylic acids is 2. The Balaban J connectivity index is 1.63. The normalized spacial score (nSPS) is 13.8. The minimum Gasteiger partial charge on any atom is -0.497 e. The molecule has 0 saturated carbocycles. The van der Waals surface area contributed by atoms with Crippen LogP contribution in [0.1, 0.15) is 23.1 Å². The lowest BCUT2D eigenvalue weighted by atomic mass is 10.1. The molecular weight excluding hydrogens is 496 g/mol. The van der Waals surface area contributed by atoms with E-state index in [4.69, 9.17) is 10.00 Å². The number of ether oxygens (including phenoxy) is 1. The Hall–Kier alpha value is -4.35. The number of hydrogen-bond acceptors (Lipinski definition) is 6. The molecule has 1 heterocycles. The van der Waals surface area contributed by atoms with E-state index in [1.54, 1.807) is 23.0 Å². The van der Waals surface area contributed by atoms with Gasteiger partial charge in [0.1, 0.15) is 11.4 Å². The zero-order valence-electron chi connectivity index (χ0n) is 21.5. The summed E-state index contributed by atoms with van der Waals surface area (Å²) in [7, 11) is 1.60. The highest BCUT2D eigenvalue weighted by Crippen LogP contribution is 2.31. The topological polar surface area (TPSA) is 86.0 Å². The zero-order chi connectivity index (χ0) is 27.1. The predicted octanol–water partition coefficient (Wildman–Crippen LogP) is 5.74. The molecule has 7 nitrogen and oxygen atoms in total. The fourth-order valence-electron chi connectivity index (χ4n) is 4.13. The van der Waals surface area contributed by atoms with E-state index in [0.29, 0.717) is 10.9 Å². The van der Waals surface area contributed by atoms with Crippen molar-refractivity contribution in [1.29, 1.82) is 5.26 Å². The Kier molecular flexibility index (Phi) is 8.62. The largest absolute Gasteiger partial charge is 0.497 e. The van der Waals surface area contributed by atoms with Crippen LogP contribution in [0.4, 0.5) is 11.4 Å². The number of amides is 2. The summed E-state index contributed by atoms with van der Waals surface area (Å²) in [5.74, 6) is 0.355. The lowest BCUT2D eigenvalue weighted by Gasteiger charge is -2.23. The highest BCUT2D eigenvalue weighted by atomic mass is 32.2. The van der Waals surface area contributed by atoms with Crippen molar-refractivity contribution in [3.05, 3.63) is 95.2 Å². The lowest BCUT2D eigenvalue weighted by Crippen LogP contribution is -2.35. The summed E-state index contributed by atoms with van der Waals surface area (Å²) >= 11 is 1.21. The minimum atomic E-state index is -0.259. The van der Waals surface area contributed by atoms with Gasteiger partial charge < -0.3 is 9.64 Å². The fourth-order valence-corrected chi connectivity index (χ4v) is 5.02. The highest BCUT2D eigenvalue weighted by molar-refractivity contribution is 8.14. The summed E-state index contributed by atoms with van der Waals surface area (Å²) in [6.45, 7) is 4.24. The summed E-state index contributed by atoms with van der Waals surface area (Å²) in [5.41, 5.74) is 4.57. The lowest BCUT2D eigenvalue weighted by molar-refractivity contribution is -0.116. The van der Waals surface area contributed by atoms with Crippen LogP contribution in [-0.4, -0.2) is 36.4 Å². The maximum Gasteiger partial charge on any atom is 0.283 e. The molecule has 3 aromatic rings. The average Bonchev–Trinajstić information content (AvgIpc) is 3.22. The molecule has 0 fully saturated rings. The van der Waals surface area contributed by atoms with E-state index in [0.717, 1.165) is 28.1 Å². The Labute approximate surface area is 227 Å². The van der Waals surface area contributed by atoms with Gasteiger partial charge in [0.15, 0.2) is 5.17 Å². The molecule has 1 aliphatic rings. The van der Waals surface area contributed by atoms with Crippen molar-refractivity contribution in [3.8, 4) is 11.8 Å². The van der Waals surface area contributed by atoms with E-state index in [1.165, 1.54) is 11.8 Å². The fraction of sp³-hybridized carbons (Fsp3) is 0.200. The van der Waals surface area contributed by atoms with Crippen molar-refractivity contribution in [2.24, 2.45) is 4.99 Å². The quantitative estimate of drug-likeness (QED) is 0.351. The summed E-state index contributed by atoms with van der Waals surface area (Å²) in [6, 6.07) is 24.6. The zero-order valence-corrected chi connectivity index (χ0v) is 22.4. The van der Waals surface area contributed by atoms with Crippen molar-refractivity contribution >= 4 is 46.2 Å². The van der Waals surface area contributed by atoms with Crippen molar-refractivity contribution < 1.29 is 14.3 Å².